The fraction of sp³-hybridized carbons (Fsp3) is 0.267. The lowest BCUT2D eigenvalue weighted by molar-refractivity contribution is 0.425. The van der Waals surface area contributed by atoms with Crippen molar-refractivity contribution in [2.75, 3.05) is 0 Å². The summed E-state index contributed by atoms with van der Waals surface area (Å²) in [6.45, 7) is 0.236. The lowest BCUT2D eigenvalue weighted by atomic mass is 9.79. The maximum Gasteiger partial charge on any atom is 0.488 e. The molecule has 2 N–H and O–H groups in total. The van der Waals surface area contributed by atoms with Crippen LogP contribution >= 0.6 is 0 Å². The number of nitrogens with zero attached hydrogens (tertiary/aromatic N) is 1. The molecule has 108 valence electrons. The van der Waals surface area contributed by atoms with Crippen molar-refractivity contribution in [3.63, 3.8) is 0 Å². The van der Waals surface area contributed by atoms with E-state index in [1.54, 1.807) is 4.57 Å². The van der Waals surface area contributed by atoms with Gasteiger partial charge in [-0.2, -0.15) is 0 Å². The van der Waals surface area contributed by atoms with Crippen LogP contribution in [0.25, 0.3) is 0 Å². The molecular weight excluding hydrogens is 272 g/mol. The molecule has 0 aliphatic heterocycles. The Hall–Kier alpha value is -1.92. The van der Waals surface area contributed by atoms with Crippen molar-refractivity contribution in [2.24, 2.45) is 0 Å². The number of aromatic nitrogens is 1. The van der Waals surface area contributed by atoms with Crippen LogP contribution in [0.5, 0.6) is 0 Å². The first-order valence-electron chi connectivity index (χ1n) is 6.92. The first-order chi connectivity index (χ1) is 10.0. The quantitative estimate of drug-likeness (QED) is 0.793. The molecule has 0 atom stereocenters. The predicted molar refractivity (Wildman–Crippen MR) is 78.1 cm³/mol. The Bertz CT molecular complexity index is 742. The van der Waals surface area contributed by atoms with E-state index in [0.717, 1.165) is 36.6 Å². The highest BCUT2D eigenvalue weighted by molar-refractivity contribution is 6.58. The molecule has 4 nitrogen and oxygen atoms in total. The van der Waals surface area contributed by atoms with Crippen LogP contribution in [-0.4, -0.2) is 21.7 Å². The summed E-state index contributed by atoms with van der Waals surface area (Å²) in [7, 11) is -1.72. The van der Waals surface area contributed by atoms with Crippen LogP contribution in [0, 0.1) is 5.82 Å². The third-order valence-electron chi connectivity index (χ3n) is 3.87. The maximum absolute atomic E-state index is 13.6. The largest absolute Gasteiger partial charge is 0.488 e. The highest BCUT2D eigenvalue weighted by Gasteiger charge is 2.17. The molecule has 0 amide bonds. The number of benzene rings is 1. The van der Waals surface area contributed by atoms with Gasteiger partial charge in [-0.05, 0) is 48.0 Å². The van der Waals surface area contributed by atoms with E-state index < -0.39 is 12.9 Å². The Morgan fingerprint density at radius 3 is 2.76 bits per heavy atom. The van der Waals surface area contributed by atoms with Gasteiger partial charge in [-0.1, -0.05) is 12.1 Å². The zero-order valence-electron chi connectivity index (χ0n) is 11.4. The lowest BCUT2D eigenvalue weighted by Crippen LogP contribution is -2.31. The average molecular weight is 287 g/mol. The molecule has 1 heterocycles. The molecule has 0 bridgehead atoms. The molecule has 0 spiro atoms. The highest BCUT2D eigenvalue weighted by atomic mass is 19.1. The monoisotopic (exact) mass is 287 g/mol. The van der Waals surface area contributed by atoms with E-state index in [1.807, 2.05) is 6.07 Å². The van der Waals surface area contributed by atoms with Crippen molar-refractivity contribution >= 4 is 12.6 Å². The average Bonchev–Trinajstić information content (AvgIpc) is 2.90. The van der Waals surface area contributed by atoms with Crippen LogP contribution in [0.2, 0.25) is 0 Å². The first-order valence-corrected chi connectivity index (χ1v) is 6.92. The molecule has 0 radical (unpaired) electrons. The first kappa shape index (κ1) is 14.0. The van der Waals surface area contributed by atoms with Crippen molar-refractivity contribution in [1.29, 1.82) is 0 Å². The third-order valence-corrected chi connectivity index (χ3v) is 3.87. The lowest BCUT2D eigenvalue weighted by Gasteiger charge is -2.13. The fourth-order valence-corrected chi connectivity index (χ4v) is 2.91. The standard InChI is InChI=1S/C15H15BFNO3/c17-13-7-10(6-12(8-13)16(20)21)9-18-14-3-1-2-11(14)4-5-15(18)19/h4-8,20-21H,1-3,9H2. The van der Waals surface area contributed by atoms with Gasteiger partial charge in [-0.25, -0.2) is 4.39 Å². The molecule has 3 rings (SSSR count). The second-order valence-corrected chi connectivity index (χ2v) is 5.35. The Kier molecular flexibility index (Phi) is 3.65. The van der Waals surface area contributed by atoms with Gasteiger partial charge in [0.05, 0.1) is 6.54 Å². The summed E-state index contributed by atoms with van der Waals surface area (Å²) < 4.78 is 15.2. The molecule has 0 saturated heterocycles. The molecule has 0 unspecified atom stereocenters. The SMILES string of the molecule is O=c1ccc2c(n1Cc1cc(F)cc(B(O)O)c1)CCC2. The Labute approximate surface area is 121 Å². The minimum Gasteiger partial charge on any atom is -0.423 e. The number of rotatable bonds is 3. The van der Waals surface area contributed by atoms with E-state index in [9.17, 15) is 9.18 Å². The molecule has 21 heavy (non-hydrogen) atoms. The summed E-state index contributed by atoms with van der Waals surface area (Å²) in [5.41, 5.74) is 2.67. The van der Waals surface area contributed by atoms with Crippen molar-refractivity contribution < 1.29 is 14.4 Å². The summed E-state index contributed by atoms with van der Waals surface area (Å²) in [6, 6.07) is 7.29. The van der Waals surface area contributed by atoms with Crippen LogP contribution < -0.4 is 11.0 Å². The van der Waals surface area contributed by atoms with Crippen molar-refractivity contribution in [3.8, 4) is 0 Å². The molecular formula is C15H15BFNO3. The van der Waals surface area contributed by atoms with Gasteiger partial charge in [0.1, 0.15) is 5.82 Å². The van der Waals surface area contributed by atoms with Crippen molar-refractivity contribution in [1.82, 2.24) is 4.57 Å². The van der Waals surface area contributed by atoms with Gasteiger partial charge in [0.25, 0.3) is 5.56 Å². The number of pyridine rings is 1. The summed E-state index contributed by atoms with van der Waals surface area (Å²) in [6.07, 6.45) is 2.82. The summed E-state index contributed by atoms with van der Waals surface area (Å²) in [5, 5.41) is 18.3. The molecule has 1 aromatic heterocycles. The fourth-order valence-electron chi connectivity index (χ4n) is 2.91. The number of halogens is 1. The second-order valence-electron chi connectivity index (χ2n) is 5.35. The van der Waals surface area contributed by atoms with Gasteiger partial charge in [0.15, 0.2) is 0 Å². The predicted octanol–water partition coefficient (Wildman–Crippen LogP) is 0.204. The molecule has 0 saturated carbocycles. The van der Waals surface area contributed by atoms with Gasteiger partial charge in [-0.3, -0.25) is 4.79 Å². The Morgan fingerprint density at radius 2 is 2.00 bits per heavy atom. The van der Waals surface area contributed by atoms with E-state index in [2.05, 4.69) is 0 Å². The zero-order chi connectivity index (χ0) is 15.0. The van der Waals surface area contributed by atoms with Crippen molar-refractivity contribution in [2.45, 2.75) is 25.8 Å². The molecule has 2 aromatic rings. The second kappa shape index (κ2) is 5.46. The van der Waals surface area contributed by atoms with Gasteiger partial charge in [0, 0.05) is 11.8 Å². The van der Waals surface area contributed by atoms with Crippen molar-refractivity contribution in [3.05, 3.63) is 63.3 Å². The van der Waals surface area contributed by atoms with Gasteiger partial charge >= 0.3 is 7.12 Å². The van der Waals surface area contributed by atoms with Gasteiger partial charge in [0.2, 0.25) is 0 Å². The van der Waals surface area contributed by atoms with E-state index in [4.69, 9.17) is 10.0 Å². The molecule has 6 heteroatoms. The molecule has 1 aliphatic carbocycles. The number of fused-ring (bicyclic) bond motifs is 1. The van der Waals surface area contributed by atoms with Crippen LogP contribution in [0.3, 0.4) is 0 Å². The smallest absolute Gasteiger partial charge is 0.423 e. The van der Waals surface area contributed by atoms with E-state index in [0.29, 0.717) is 5.56 Å². The summed E-state index contributed by atoms with van der Waals surface area (Å²) >= 11 is 0. The van der Waals surface area contributed by atoms with E-state index in [1.165, 1.54) is 18.2 Å². The Morgan fingerprint density at radius 1 is 1.19 bits per heavy atom. The summed E-state index contributed by atoms with van der Waals surface area (Å²) in [4.78, 5) is 12.1. The molecule has 1 aliphatic rings. The van der Waals surface area contributed by atoms with E-state index >= 15 is 0 Å². The number of hydrogen-bond acceptors (Lipinski definition) is 3. The number of aryl methyl sites for hydroxylation is 1. The molecule has 1 aromatic carbocycles. The van der Waals surface area contributed by atoms with E-state index in [-0.39, 0.29) is 17.6 Å². The normalized spacial score (nSPS) is 13.3. The van der Waals surface area contributed by atoms with Gasteiger partial charge in [-0.15, -0.1) is 0 Å². The topological polar surface area (TPSA) is 62.5 Å². The van der Waals surface area contributed by atoms with Crippen LogP contribution in [0.1, 0.15) is 23.2 Å². The van der Waals surface area contributed by atoms with Crippen LogP contribution in [-0.2, 0) is 19.4 Å². The van der Waals surface area contributed by atoms with Crippen LogP contribution in [0.4, 0.5) is 4.39 Å². The van der Waals surface area contributed by atoms with Gasteiger partial charge < -0.3 is 14.6 Å². The Balaban J connectivity index is 2.02. The number of hydrogen-bond donors (Lipinski definition) is 2. The highest BCUT2D eigenvalue weighted by Crippen LogP contribution is 2.20. The third kappa shape index (κ3) is 2.77. The zero-order valence-corrected chi connectivity index (χ0v) is 11.4. The maximum atomic E-state index is 13.6. The minimum absolute atomic E-state index is 0.0885. The minimum atomic E-state index is -1.72. The van der Waals surface area contributed by atoms with Crippen LogP contribution in [0.15, 0.2) is 35.1 Å². The summed E-state index contributed by atoms with van der Waals surface area (Å²) in [5.74, 6) is -0.545. The molecule has 0 fully saturated rings.